The Morgan fingerprint density at radius 1 is 1.22 bits per heavy atom. The molecule has 0 aromatic carbocycles. The van der Waals surface area contributed by atoms with E-state index in [0.717, 1.165) is 31.6 Å². The van der Waals surface area contributed by atoms with Crippen LogP contribution in [0.4, 0.5) is 0 Å². The van der Waals surface area contributed by atoms with E-state index in [1.54, 1.807) is 0 Å². The molecule has 1 aliphatic heterocycles. The van der Waals surface area contributed by atoms with E-state index in [9.17, 15) is 10.4 Å². The maximum absolute atomic E-state index is 11.1. The van der Waals surface area contributed by atoms with E-state index in [1.165, 1.54) is 12.8 Å². The molecule has 1 aliphatic carbocycles. The van der Waals surface area contributed by atoms with Gasteiger partial charge in [-0.25, -0.2) is 0 Å². The van der Waals surface area contributed by atoms with Gasteiger partial charge in [-0.2, -0.15) is 5.26 Å². The summed E-state index contributed by atoms with van der Waals surface area (Å²) in [5, 5.41) is 20.7. The highest BCUT2D eigenvalue weighted by molar-refractivity contribution is 5.12. The fraction of sp³-hybridized carbons (Fsp3) is 0.933. The van der Waals surface area contributed by atoms with Crippen LogP contribution in [0.1, 0.15) is 58.3 Å². The van der Waals surface area contributed by atoms with Gasteiger partial charge in [0.1, 0.15) is 0 Å². The molecular formula is C15H25NO2. The van der Waals surface area contributed by atoms with E-state index < -0.39 is 11.0 Å². The molecule has 2 atom stereocenters. The first-order valence-electron chi connectivity index (χ1n) is 7.37. The predicted octanol–water partition coefficient (Wildman–Crippen LogP) is 3.03. The van der Waals surface area contributed by atoms with Gasteiger partial charge in [0.15, 0.2) is 0 Å². The van der Waals surface area contributed by atoms with Crippen molar-refractivity contribution in [1.29, 1.82) is 5.26 Å². The molecule has 0 spiro atoms. The minimum absolute atomic E-state index is 0.562. The number of hydrogen-bond acceptors (Lipinski definition) is 3. The zero-order valence-electron chi connectivity index (χ0n) is 11.5. The molecule has 2 aliphatic rings. The Balaban J connectivity index is 2.15. The normalized spacial score (nSPS) is 36.6. The number of aliphatic hydroxyl groups is 1. The molecule has 18 heavy (non-hydrogen) atoms. The van der Waals surface area contributed by atoms with E-state index >= 15 is 0 Å². The summed E-state index contributed by atoms with van der Waals surface area (Å²) in [5.74, 6) is 0.731. The van der Waals surface area contributed by atoms with Crippen LogP contribution in [0.15, 0.2) is 0 Å². The number of nitrogens with zero attached hydrogens (tertiary/aromatic N) is 1. The average Bonchev–Trinajstić information content (AvgIpc) is 2.62. The van der Waals surface area contributed by atoms with Crippen molar-refractivity contribution >= 4 is 0 Å². The fourth-order valence-corrected chi connectivity index (χ4v) is 3.68. The summed E-state index contributed by atoms with van der Waals surface area (Å²) < 4.78 is 5.37. The van der Waals surface area contributed by atoms with E-state index in [2.05, 4.69) is 13.0 Å². The third-order valence-electron chi connectivity index (χ3n) is 5.20. The summed E-state index contributed by atoms with van der Waals surface area (Å²) in [6.07, 6.45) is 7.48. The molecule has 2 fully saturated rings. The van der Waals surface area contributed by atoms with Crippen molar-refractivity contribution in [3.63, 3.8) is 0 Å². The van der Waals surface area contributed by atoms with E-state index in [0.29, 0.717) is 26.1 Å². The van der Waals surface area contributed by atoms with Crippen LogP contribution >= 0.6 is 0 Å². The Kier molecular flexibility index (Phi) is 4.29. The van der Waals surface area contributed by atoms with Crippen molar-refractivity contribution in [1.82, 2.24) is 0 Å². The molecule has 3 heteroatoms. The molecular weight excluding hydrogens is 226 g/mol. The van der Waals surface area contributed by atoms with E-state index in [1.807, 2.05) is 0 Å². The summed E-state index contributed by atoms with van der Waals surface area (Å²) in [6.45, 7) is 3.46. The number of ether oxygens (including phenoxy) is 1. The molecule has 1 N–H and O–H groups in total. The molecule has 1 saturated heterocycles. The van der Waals surface area contributed by atoms with Crippen LogP contribution in [0.5, 0.6) is 0 Å². The highest BCUT2D eigenvalue weighted by atomic mass is 16.5. The van der Waals surface area contributed by atoms with Gasteiger partial charge in [0.05, 0.1) is 17.1 Å². The van der Waals surface area contributed by atoms with Gasteiger partial charge >= 0.3 is 0 Å². The SMILES string of the molecule is CCC1CCCC(O)(C2(C#N)CCOCC2)CC1. The molecule has 0 aromatic rings. The smallest absolute Gasteiger partial charge is 0.0903 e. The molecule has 0 aromatic heterocycles. The molecule has 0 bridgehead atoms. The lowest BCUT2D eigenvalue weighted by atomic mass is 9.64. The monoisotopic (exact) mass is 251 g/mol. The Hall–Kier alpha value is -0.590. The van der Waals surface area contributed by atoms with E-state index in [-0.39, 0.29) is 0 Å². The lowest BCUT2D eigenvalue weighted by Gasteiger charge is -2.44. The van der Waals surface area contributed by atoms with Gasteiger partial charge in [0, 0.05) is 13.2 Å². The standard InChI is InChI=1S/C15H25NO2/c1-2-13-4-3-6-15(17,7-5-13)14(12-16)8-10-18-11-9-14/h13,17H,2-11H2,1H3. The predicted molar refractivity (Wildman–Crippen MR) is 69.9 cm³/mol. The molecule has 3 nitrogen and oxygen atoms in total. The van der Waals surface area contributed by atoms with Crippen molar-refractivity contribution in [2.45, 2.75) is 63.9 Å². The first-order chi connectivity index (χ1) is 8.66. The molecule has 1 saturated carbocycles. The van der Waals surface area contributed by atoms with Gasteiger partial charge in [0.25, 0.3) is 0 Å². The van der Waals surface area contributed by atoms with Gasteiger partial charge in [-0.05, 0) is 38.0 Å². The second kappa shape index (κ2) is 5.59. The largest absolute Gasteiger partial charge is 0.388 e. The van der Waals surface area contributed by atoms with Crippen molar-refractivity contribution in [3.8, 4) is 6.07 Å². The van der Waals surface area contributed by atoms with Gasteiger partial charge in [0.2, 0.25) is 0 Å². The third kappa shape index (κ3) is 2.41. The zero-order chi connectivity index (χ0) is 13.1. The second-order valence-electron chi connectivity index (χ2n) is 6.04. The van der Waals surface area contributed by atoms with Gasteiger partial charge < -0.3 is 9.84 Å². The van der Waals surface area contributed by atoms with Crippen LogP contribution in [0, 0.1) is 22.7 Å². The maximum Gasteiger partial charge on any atom is 0.0903 e. The fourth-order valence-electron chi connectivity index (χ4n) is 3.68. The second-order valence-corrected chi connectivity index (χ2v) is 6.04. The van der Waals surface area contributed by atoms with Gasteiger partial charge in [-0.1, -0.05) is 26.2 Å². The van der Waals surface area contributed by atoms with Crippen molar-refractivity contribution < 1.29 is 9.84 Å². The highest BCUT2D eigenvalue weighted by Gasteiger charge is 2.51. The minimum atomic E-state index is -0.782. The summed E-state index contributed by atoms with van der Waals surface area (Å²) in [4.78, 5) is 0. The maximum atomic E-state index is 11.1. The molecule has 0 radical (unpaired) electrons. The summed E-state index contributed by atoms with van der Waals surface area (Å²) >= 11 is 0. The Bertz CT molecular complexity index is 317. The zero-order valence-corrected chi connectivity index (χ0v) is 11.5. The third-order valence-corrected chi connectivity index (χ3v) is 5.20. The Morgan fingerprint density at radius 3 is 2.56 bits per heavy atom. The number of rotatable bonds is 2. The summed E-state index contributed by atoms with van der Waals surface area (Å²) in [6, 6.07) is 2.46. The number of nitriles is 1. The quantitative estimate of drug-likeness (QED) is 0.767. The first-order valence-corrected chi connectivity index (χ1v) is 7.37. The van der Waals surface area contributed by atoms with Gasteiger partial charge in [-0.3, -0.25) is 0 Å². The molecule has 102 valence electrons. The van der Waals surface area contributed by atoms with Crippen LogP contribution in [-0.2, 0) is 4.74 Å². The van der Waals surface area contributed by atoms with Crippen LogP contribution < -0.4 is 0 Å². The lowest BCUT2D eigenvalue weighted by molar-refractivity contribution is -0.112. The van der Waals surface area contributed by atoms with Crippen molar-refractivity contribution in [3.05, 3.63) is 0 Å². The lowest BCUT2D eigenvalue weighted by Crippen LogP contribution is -2.50. The van der Waals surface area contributed by atoms with Crippen molar-refractivity contribution in [2.75, 3.05) is 13.2 Å². The molecule has 2 rings (SSSR count). The van der Waals surface area contributed by atoms with Crippen LogP contribution in [0.25, 0.3) is 0 Å². The van der Waals surface area contributed by atoms with Gasteiger partial charge in [-0.15, -0.1) is 0 Å². The summed E-state index contributed by atoms with van der Waals surface area (Å²) in [7, 11) is 0. The number of hydrogen-bond donors (Lipinski definition) is 1. The van der Waals surface area contributed by atoms with E-state index in [4.69, 9.17) is 4.74 Å². The molecule has 0 amide bonds. The topological polar surface area (TPSA) is 53.2 Å². The highest BCUT2D eigenvalue weighted by Crippen LogP contribution is 2.48. The summed E-state index contributed by atoms with van der Waals surface area (Å²) in [5.41, 5.74) is -1.34. The Labute approximate surface area is 110 Å². The minimum Gasteiger partial charge on any atom is -0.388 e. The van der Waals surface area contributed by atoms with Crippen LogP contribution in [-0.4, -0.2) is 23.9 Å². The first kappa shape index (κ1) is 13.8. The van der Waals surface area contributed by atoms with Crippen molar-refractivity contribution in [2.24, 2.45) is 11.3 Å². The average molecular weight is 251 g/mol. The molecule has 2 unspecified atom stereocenters. The molecule has 1 heterocycles. The van der Waals surface area contributed by atoms with Crippen LogP contribution in [0.3, 0.4) is 0 Å². The van der Waals surface area contributed by atoms with Crippen LogP contribution in [0.2, 0.25) is 0 Å². The Morgan fingerprint density at radius 2 is 1.94 bits per heavy atom.